The van der Waals surface area contributed by atoms with Gasteiger partial charge in [0.25, 0.3) is 0 Å². The number of hydrazone groups is 1. The molecule has 43 heavy (non-hydrogen) atoms. The van der Waals surface area contributed by atoms with Gasteiger partial charge in [-0.25, -0.2) is 4.57 Å². The summed E-state index contributed by atoms with van der Waals surface area (Å²) >= 11 is 16.3. The summed E-state index contributed by atoms with van der Waals surface area (Å²) in [7, 11) is 0. The summed E-state index contributed by atoms with van der Waals surface area (Å²) < 4.78 is 8.16. The summed E-state index contributed by atoms with van der Waals surface area (Å²) in [5.41, 5.74) is 6.48. The van der Waals surface area contributed by atoms with Gasteiger partial charge in [0, 0.05) is 38.0 Å². The molecule has 0 amide bonds. The summed E-state index contributed by atoms with van der Waals surface area (Å²) in [6, 6.07) is 13.7. The van der Waals surface area contributed by atoms with E-state index in [1.54, 1.807) is 59.9 Å². The number of anilines is 1. The molecule has 1 unspecified atom stereocenters. The molecule has 5 heterocycles. The number of ketones is 2. The molecular weight excluding hydrogens is 647 g/mol. The van der Waals surface area contributed by atoms with Gasteiger partial charge in [-0.3, -0.25) is 19.9 Å². The normalized spacial score (nSPS) is 17.8. The number of nitrogens with zero attached hydrogens (tertiary/aromatic N) is 5. The summed E-state index contributed by atoms with van der Waals surface area (Å²) in [4.78, 5) is 29.1. The maximum Gasteiger partial charge on any atom is 0.241 e. The number of ether oxygens (including phenoxy) is 1. The van der Waals surface area contributed by atoms with E-state index in [1.807, 2.05) is 9.47 Å². The zero-order valence-electron chi connectivity index (χ0n) is 23.0. The third kappa shape index (κ3) is 5.38. The standard InChI is InChI=1S/C29H24Cl2N6O3S3/c1-29(2)11-19-22(12-40-29)43-25-23(19)24-32-34-27(41-13-20(38)15-3-7-17(30)8-4-15)36(24)26-33-35-28(37(25)26)42-14-21(39)16-5-9-18(31)10-6-16/h3-10,24,32H,11-14H2,1-2H3. The van der Waals surface area contributed by atoms with Gasteiger partial charge in [0.05, 0.1) is 23.7 Å². The molecule has 3 aliphatic rings. The Morgan fingerprint density at radius 3 is 2.28 bits per heavy atom. The van der Waals surface area contributed by atoms with E-state index in [-0.39, 0.29) is 34.8 Å². The first-order valence-corrected chi connectivity index (χ1v) is 16.9. The number of fused-ring (bicyclic) bond motifs is 8. The molecule has 0 spiro atoms. The van der Waals surface area contributed by atoms with Gasteiger partial charge in [0.2, 0.25) is 5.95 Å². The fraction of sp³-hybridized carbons (Fsp3) is 0.276. The smallest absolute Gasteiger partial charge is 0.241 e. The van der Waals surface area contributed by atoms with Crippen molar-refractivity contribution in [1.82, 2.24) is 20.2 Å². The number of thioether (sulfide) groups is 2. The minimum absolute atomic E-state index is 0.0317. The minimum Gasteiger partial charge on any atom is -0.370 e. The van der Waals surface area contributed by atoms with Crippen molar-refractivity contribution in [3.05, 3.63) is 85.7 Å². The highest BCUT2D eigenvalue weighted by Gasteiger charge is 2.46. The molecule has 1 N–H and O–H groups in total. The van der Waals surface area contributed by atoms with Crippen molar-refractivity contribution in [3.8, 4) is 5.00 Å². The molecule has 0 radical (unpaired) electrons. The Kier molecular flexibility index (Phi) is 7.55. The molecular formula is C29H24Cl2N6O3S3. The van der Waals surface area contributed by atoms with Crippen LogP contribution in [0.25, 0.3) is 5.00 Å². The number of hydrogen-bond donors (Lipinski definition) is 1. The molecule has 4 aromatic rings. The van der Waals surface area contributed by atoms with Crippen LogP contribution in [0.1, 0.15) is 56.7 Å². The number of hydrogen-bond acceptors (Lipinski definition) is 11. The second kappa shape index (κ2) is 11.2. The van der Waals surface area contributed by atoms with Crippen LogP contribution in [-0.2, 0) is 17.8 Å². The van der Waals surface area contributed by atoms with Crippen LogP contribution in [0.3, 0.4) is 0 Å². The molecule has 2 aromatic heterocycles. The number of Topliss-reactive ketones (excluding diaryl/α,β-unsaturated/α-hetero) is 2. The number of carbonyl (C=O) groups is 2. The van der Waals surface area contributed by atoms with E-state index in [0.29, 0.717) is 44.1 Å². The van der Waals surface area contributed by atoms with E-state index in [9.17, 15) is 9.59 Å². The first-order chi connectivity index (χ1) is 20.7. The first kappa shape index (κ1) is 28.9. The maximum atomic E-state index is 13.0. The predicted molar refractivity (Wildman–Crippen MR) is 172 cm³/mol. The summed E-state index contributed by atoms with van der Waals surface area (Å²) in [6.07, 6.45) is 0.439. The summed E-state index contributed by atoms with van der Waals surface area (Å²) in [5.74, 6) is 0.883. The quantitative estimate of drug-likeness (QED) is 0.169. The SMILES string of the molecule is CC1(C)Cc2c(sc3c2C2NN=C(SCC(=O)c4ccc(Cl)cc4)N2c2nnc(SCC(=O)c4ccc(Cl)cc4)n2-3)CO1. The van der Waals surface area contributed by atoms with E-state index in [2.05, 4.69) is 34.6 Å². The molecule has 14 heteroatoms. The van der Waals surface area contributed by atoms with Gasteiger partial charge in [0.1, 0.15) is 5.00 Å². The number of amidine groups is 1. The van der Waals surface area contributed by atoms with Crippen LogP contribution in [0, 0.1) is 0 Å². The van der Waals surface area contributed by atoms with Crippen LogP contribution in [0.15, 0.2) is 58.8 Å². The Labute approximate surface area is 270 Å². The summed E-state index contributed by atoms with van der Waals surface area (Å²) in [5, 5.41) is 17.1. The third-order valence-corrected chi connectivity index (χ3v) is 11.0. The first-order valence-electron chi connectivity index (χ1n) is 13.4. The van der Waals surface area contributed by atoms with Crippen molar-refractivity contribution < 1.29 is 14.3 Å². The molecule has 0 fully saturated rings. The van der Waals surface area contributed by atoms with E-state index in [1.165, 1.54) is 29.1 Å². The number of rotatable bonds is 7. The number of carbonyl (C=O) groups excluding carboxylic acids is 2. The van der Waals surface area contributed by atoms with E-state index in [4.69, 9.17) is 27.9 Å². The zero-order valence-corrected chi connectivity index (χ0v) is 26.9. The van der Waals surface area contributed by atoms with Crippen LogP contribution in [0.5, 0.6) is 0 Å². The van der Waals surface area contributed by atoms with E-state index in [0.717, 1.165) is 21.9 Å². The van der Waals surface area contributed by atoms with E-state index >= 15 is 0 Å². The second-order valence-electron chi connectivity index (χ2n) is 10.8. The molecule has 9 nitrogen and oxygen atoms in total. The molecule has 7 rings (SSSR count). The predicted octanol–water partition coefficient (Wildman–Crippen LogP) is 6.77. The number of halogens is 2. The van der Waals surface area contributed by atoms with Crippen molar-refractivity contribution >= 4 is 80.7 Å². The lowest BCUT2D eigenvalue weighted by Crippen LogP contribution is -2.39. The van der Waals surface area contributed by atoms with Crippen molar-refractivity contribution in [1.29, 1.82) is 0 Å². The lowest BCUT2D eigenvalue weighted by Gasteiger charge is -2.34. The van der Waals surface area contributed by atoms with Gasteiger partial charge in [-0.1, -0.05) is 46.7 Å². The van der Waals surface area contributed by atoms with Crippen LogP contribution in [-0.4, -0.2) is 48.6 Å². The molecule has 0 aliphatic carbocycles. The Hall–Kier alpha value is -2.87. The largest absolute Gasteiger partial charge is 0.370 e. The van der Waals surface area contributed by atoms with Crippen LogP contribution < -0.4 is 10.3 Å². The van der Waals surface area contributed by atoms with Crippen LogP contribution in [0.2, 0.25) is 10.0 Å². The monoisotopic (exact) mass is 670 g/mol. The molecule has 0 saturated heterocycles. The number of nitrogens with one attached hydrogen (secondary N) is 1. The second-order valence-corrected chi connectivity index (χ2v) is 14.6. The molecule has 3 aliphatic heterocycles. The molecule has 2 aromatic carbocycles. The molecule has 220 valence electrons. The summed E-state index contributed by atoms with van der Waals surface area (Å²) in [6.45, 7) is 4.70. The number of thiophene rings is 1. The highest BCUT2D eigenvalue weighted by atomic mass is 35.5. The highest BCUT2D eigenvalue weighted by molar-refractivity contribution is 8.14. The van der Waals surface area contributed by atoms with Gasteiger partial charge >= 0.3 is 0 Å². The fourth-order valence-corrected chi connectivity index (χ4v) is 8.50. The average Bonchev–Trinajstić information content (AvgIpc) is 3.69. The maximum absolute atomic E-state index is 13.0. The van der Waals surface area contributed by atoms with Crippen molar-refractivity contribution in [2.24, 2.45) is 5.10 Å². The van der Waals surface area contributed by atoms with Gasteiger partial charge in [-0.15, -0.1) is 21.5 Å². The molecule has 0 bridgehead atoms. The Morgan fingerprint density at radius 2 is 1.63 bits per heavy atom. The highest BCUT2D eigenvalue weighted by Crippen LogP contribution is 2.50. The average molecular weight is 672 g/mol. The number of aromatic nitrogens is 3. The molecule has 1 atom stereocenters. The number of benzene rings is 2. The van der Waals surface area contributed by atoms with Crippen molar-refractivity contribution in [3.63, 3.8) is 0 Å². The Balaban J connectivity index is 1.21. The lowest BCUT2D eigenvalue weighted by molar-refractivity contribution is -0.0385. The van der Waals surface area contributed by atoms with Crippen LogP contribution in [0.4, 0.5) is 5.95 Å². The van der Waals surface area contributed by atoms with Crippen LogP contribution >= 0.6 is 58.1 Å². The van der Waals surface area contributed by atoms with E-state index < -0.39 is 0 Å². The van der Waals surface area contributed by atoms with Gasteiger partial charge in [-0.05, 0) is 67.9 Å². The topological polar surface area (TPSA) is 102 Å². The van der Waals surface area contributed by atoms with Crippen molar-refractivity contribution in [2.45, 2.75) is 43.8 Å². The lowest BCUT2D eigenvalue weighted by atomic mass is 9.91. The Bertz CT molecular complexity index is 1790. The van der Waals surface area contributed by atoms with Gasteiger partial charge < -0.3 is 4.74 Å². The minimum atomic E-state index is -0.315. The molecule has 0 saturated carbocycles. The fourth-order valence-electron chi connectivity index (χ4n) is 5.23. The van der Waals surface area contributed by atoms with Gasteiger partial charge in [0.15, 0.2) is 28.1 Å². The zero-order chi connectivity index (χ0) is 29.9. The third-order valence-electron chi connectivity index (χ3n) is 7.36. The van der Waals surface area contributed by atoms with Gasteiger partial charge in [-0.2, -0.15) is 5.10 Å². The van der Waals surface area contributed by atoms with Crippen molar-refractivity contribution in [2.75, 3.05) is 16.4 Å². The Morgan fingerprint density at radius 1 is 1.00 bits per heavy atom.